The van der Waals surface area contributed by atoms with Gasteiger partial charge < -0.3 is 15.0 Å². The number of methoxy groups -OCH3 is 1. The van der Waals surface area contributed by atoms with Crippen LogP contribution in [-0.4, -0.2) is 27.0 Å². The van der Waals surface area contributed by atoms with Gasteiger partial charge in [-0.1, -0.05) is 6.07 Å². The van der Waals surface area contributed by atoms with Crippen molar-refractivity contribution in [3.63, 3.8) is 0 Å². The average molecular weight is 290 g/mol. The van der Waals surface area contributed by atoms with Crippen molar-refractivity contribution in [1.29, 1.82) is 0 Å². The van der Waals surface area contributed by atoms with Crippen LogP contribution in [0.5, 0.6) is 5.75 Å². The second-order valence-electron chi connectivity index (χ2n) is 4.27. The van der Waals surface area contributed by atoms with Gasteiger partial charge in [-0.15, -0.1) is 0 Å². The van der Waals surface area contributed by atoms with Gasteiger partial charge in [0.1, 0.15) is 11.3 Å². The molecule has 0 radical (unpaired) electrons. The Morgan fingerprint density at radius 3 is 2.95 bits per heavy atom. The quantitative estimate of drug-likeness (QED) is 0.725. The third-order valence-electron chi connectivity index (χ3n) is 2.87. The van der Waals surface area contributed by atoms with Gasteiger partial charge in [0.25, 0.3) is 0 Å². The van der Waals surface area contributed by atoms with E-state index in [1.165, 1.54) is 0 Å². The molecule has 3 aromatic rings. The Hall–Kier alpha value is -2.34. The van der Waals surface area contributed by atoms with Gasteiger partial charge in [-0.3, -0.25) is 0 Å². The largest absolute Gasteiger partial charge is 0.495 e. The summed E-state index contributed by atoms with van der Waals surface area (Å²) in [5, 5.41) is 3.34. The van der Waals surface area contributed by atoms with Crippen molar-refractivity contribution in [2.75, 3.05) is 12.4 Å². The molecule has 1 aromatic carbocycles. The SMILES string of the molecule is COc1ccc(C)cc1Nc1nc(Cl)nc2nc[nH]c12. The van der Waals surface area contributed by atoms with E-state index < -0.39 is 0 Å². The summed E-state index contributed by atoms with van der Waals surface area (Å²) in [6, 6.07) is 5.84. The number of aromatic amines is 1. The van der Waals surface area contributed by atoms with Gasteiger partial charge in [-0.05, 0) is 36.2 Å². The minimum absolute atomic E-state index is 0.138. The van der Waals surface area contributed by atoms with Crippen LogP contribution in [0.3, 0.4) is 0 Å². The van der Waals surface area contributed by atoms with E-state index in [0.717, 1.165) is 17.0 Å². The fourth-order valence-electron chi connectivity index (χ4n) is 1.94. The zero-order valence-corrected chi connectivity index (χ0v) is 11.7. The number of fused-ring (bicyclic) bond motifs is 1. The van der Waals surface area contributed by atoms with E-state index in [4.69, 9.17) is 16.3 Å². The predicted molar refractivity (Wildman–Crippen MR) is 77.7 cm³/mol. The van der Waals surface area contributed by atoms with E-state index >= 15 is 0 Å². The molecule has 0 aliphatic carbocycles. The summed E-state index contributed by atoms with van der Waals surface area (Å²) in [4.78, 5) is 15.3. The Kier molecular flexibility index (Phi) is 3.15. The van der Waals surface area contributed by atoms with Crippen molar-refractivity contribution in [1.82, 2.24) is 19.9 Å². The fraction of sp³-hybridized carbons (Fsp3) is 0.154. The van der Waals surface area contributed by atoms with Crippen molar-refractivity contribution in [3.05, 3.63) is 35.4 Å². The Bertz CT molecular complexity index is 771. The van der Waals surface area contributed by atoms with Gasteiger partial charge >= 0.3 is 0 Å². The number of aromatic nitrogens is 4. The van der Waals surface area contributed by atoms with Crippen LogP contribution in [-0.2, 0) is 0 Å². The fourth-order valence-corrected chi connectivity index (χ4v) is 2.11. The van der Waals surface area contributed by atoms with E-state index in [9.17, 15) is 0 Å². The zero-order valence-electron chi connectivity index (χ0n) is 10.9. The molecule has 0 aliphatic heterocycles. The van der Waals surface area contributed by atoms with Crippen LogP contribution in [0.15, 0.2) is 24.5 Å². The monoisotopic (exact) mass is 289 g/mol. The van der Waals surface area contributed by atoms with Gasteiger partial charge in [0.2, 0.25) is 5.28 Å². The normalized spacial score (nSPS) is 10.8. The van der Waals surface area contributed by atoms with Crippen LogP contribution in [0, 0.1) is 6.92 Å². The molecule has 0 amide bonds. The Morgan fingerprint density at radius 2 is 2.15 bits per heavy atom. The molecule has 102 valence electrons. The number of H-pyrrole nitrogens is 1. The number of rotatable bonds is 3. The molecule has 2 N–H and O–H groups in total. The first-order valence-electron chi connectivity index (χ1n) is 5.95. The molecule has 0 fully saturated rings. The van der Waals surface area contributed by atoms with E-state index in [0.29, 0.717) is 17.0 Å². The Balaban J connectivity index is 2.09. The highest BCUT2D eigenvalue weighted by molar-refractivity contribution is 6.28. The zero-order chi connectivity index (χ0) is 14.1. The van der Waals surface area contributed by atoms with Gasteiger partial charge in [0.15, 0.2) is 11.5 Å². The number of hydrogen-bond donors (Lipinski definition) is 2. The number of hydrogen-bond acceptors (Lipinski definition) is 5. The van der Waals surface area contributed by atoms with Crippen molar-refractivity contribution in [2.24, 2.45) is 0 Å². The highest BCUT2D eigenvalue weighted by atomic mass is 35.5. The van der Waals surface area contributed by atoms with E-state index in [2.05, 4.69) is 25.3 Å². The lowest BCUT2D eigenvalue weighted by Crippen LogP contribution is -1.99. The molecule has 0 bridgehead atoms. The van der Waals surface area contributed by atoms with Crippen LogP contribution in [0.4, 0.5) is 11.5 Å². The summed E-state index contributed by atoms with van der Waals surface area (Å²) in [5.41, 5.74) is 3.12. The third-order valence-corrected chi connectivity index (χ3v) is 3.04. The first kappa shape index (κ1) is 12.7. The van der Waals surface area contributed by atoms with Gasteiger partial charge in [-0.25, -0.2) is 4.98 Å². The second-order valence-corrected chi connectivity index (χ2v) is 4.61. The highest BCUT2D eigenvalue weighted by Crippen LogP contribution is 2.30. The smallest absolute Gasteiger partial charge is 0.226 e. The topological polar surface area (TPSA) is 75.7 Å². The van der Waals surface area contributed by atoms with Crippen LogP contribution in [0.2, 0.25) is 5.28 Å². The summed E-state index contributed by atoms with van der Waals surface area (Å²) >= 11 is 5.90. The lowest BCUT2D eigenvalue weighted by atomic mass is 10.2. The minimum atomic E-state index is 0.138. The first-order chi connectivity index (χ1) is 9.67. The second kappa shape index (κ2) is 4.97. The molecule has 0 spiro atoms. The summed E-state index contributed by atoms with van der Waals surface area (Å²) in [6.07, 6.45) is 1.55. The number of ether oxygens (including phenoxy) is 1. The van der Waals surface area contributed by atoms with Gasteiger partial charge in [-0.2, -0.15) is 9.97 Å². The molecule has 0 saturated carbocycles. The van der Waals surface area contributed by atoms with Crippen LogP contribution in [0.25, 0.3) is 11.2 Å². The maximum atomic E-state index is 5.90. The molecular weight excluding hydrogens is 278 g/mol. The minimum Gasteiger partial charge on any atom is -0.495 e. The van der Waals surface area contributed by atoms with Gasteiger partial charge in [0, 0.05) is 0 Å². The summed E-state index contributed by atoms with van der Waals surface area (Å²) in [5.74, 6) is 1.28. The molecule has 0 aliphatic rings. The standard InChI is InChI=1S/C13H12ClN5O/c1-7-3-4-9(20-2)8(5-7)17-12-10-11(16-6-15-10)18-13(14)19-12/h3-6H,1-2H3,(H2,15,16,17,18,19). The summed E-state index contributed by atoms with van der Waals surface area (Å²) < 4.78 is 5.33. The van der Waals surface area contributed by atoms with Crippen molar-refractivity contribution in [2.45, 2.75) is 6.92 Å². The van der Waals surface area contributed by atoms with Crippen LogP contribution in [0.1, 0.15) is 5.56 Å². The number of nitrogens with zero attached hydrogens (tertiary/aromatic N) is 3. The molecule has 20 heavy (non-hydrogen) atoms. The molecule has 2 aromatic heterocycles. The average Bonchev–Trinajstić information content (AvgIpc) is 2.87. The summed E-state index contributed by atoms with van der Waals surface area (Å²) in [6.45, 7) is 2.00. The van der Waals surface area contributed by atoms with Gasteiger partial charge in [0.05, 0.1) is 19.1 Å². The predicted octanol–water partition coefficient (Wildman–Crippen LogP) is 3.07. The number of halogens is 1. The molecule has 7 heteroatoms. The van der Waals surface area contributed by atoms with Crippen LogP contribution >= 0.6 is 11.6 Å². The highest BCUT2D eigenvalue weighted by Gasteiger charge is 2.11. The maximum Gasteiger partial charge on any atom is 0.226 e. The van der Waals surface area contributed by atoms with Crippen LogP contribution < -0.4 is 10.1 Å². The molecule has 6 nitrogen and oxygen atoms in total. The Labute approximate surface area is 120 Å². The molecular formula is C13H12ClN5O. The number of benzene rings is 1. The van der Waals surface area contributed by atoms with Crippen molar-refractivity contribution in [3.8, 4) is 5.75 Å². The molecule has 0 saturated heterocycles. The Morgan fingerprint density at radius 1 is 1.30 bits per heavy atom. The molecule has 2 heterocycles. The molecule has 0 unspecified atom stereocenters. The third kappa shape index (κ3) is 2.25. The summed E-state index contributed by atoms with van der Waals surface area (Å²) in [7, 11) is 1.62. The molecule has 3 rings (SSSR count). The van der Waals surface area contributed by atoms with Crippen molar-refractivity contribution >= 4 is 34.3 Å². The van der Waals surface area contributed by atoms with E-state index in [-0.39, 0.29) is 5.28 Å². The number of nitrogens with one attached hydrogen (secondary N) is 2. The number of anilines is 2. The molecule has 0 atom stereocenters. The number of aryl methyl sites for hydroxylation is 1. The lowest BCUT2D eigenvalue weighted by Gasteiger charge is -2.11. The lowest BCUT2D eigenvalue weighted by molar-refractivity contribution is 0.416. The van der Waals surface area contributed by atoms with Crippen molar-refractivity contribution < 1.29 is 4.74 Å². The van der Waals surface area contributed by atoms with E-state index in [1.807, 2.05) is 25.1 Å². The number of imidazole rings is 1. The van der Waals surface area contributed by atoms with E-state index in [1.54, 1.807) is 13.4 Å². The maximum absolute atomic E-state index is 5.90. The first-order valence-corrected chi connectivity index (χ1v) is 6.33.